The van der Waals surface area contributed by atoms with Crippen LogP contribution >= 0.6 is 34.5 Å². The molecule has 0 aliphatic carbocycles. The van der Waals surface area contributed by atoms with Crippen LogP contribution in [0.2, 0.25) is 5.02 Å². The molecule has 1 aromatic heterocycles. The van der Waals surface area contributed by atoms with Crippen molar-refractivity contribution >= 4 is 46.3 Å². The highest BCUT2D eigenvalue weighted by atomic mass is 35.5. The second kappa shape index (κ2) is 7.73. The van der Waals surface area contributed by atoms with E-state index in [0.717, 1.165) is 6.07 Å². The van der Waals surface area contributed by atoms with Crippen molar-refractivity contribution in [2.45, 2.75) is 13.0 Å². The second-order valence-corrected chi connectivity index (χ2v) is 6.97. The van der Waals surface area contributed by atoms with Crippen LogP contribution in [0.15, 0.2) is 46.0 Å². The number of benzene rings is 1. The number of thiazole rings is 1. The van der Waals surface area contributed by atoms with Crippen LogP contribution in [0, 0.1) is 5.82 Å². The third-order valence-electron chi connectivity index (χ3n) is 3.97. The van der Waals surface area contributed by atoms with Gasteiger partial charge in [-0.05, 0) is 19.1 Å². The quantitative estimate of drug-likeness (QED) is 0.740. The minimum absolute atomic E-state index is 0.0187. The molecule has 0 spiro atoms. The fourth-order valence-corrected chi connectivity index (χ4v) is 4.07. The van der Waals surface area contributed by atoms with Crippen LogP contribution in [0.3, 0.4) is 0 Å². The van der Waals surface area contributed by atoms with Gasteiger partial charge in [-0.15, -0.1) is 22.9 Å². The molecule has 9 heteroatoms. The third kappa shape index (κ3) is 3.34. The molecule has 5 nitrogen and oxygen atoms in total. The summed E-state index contributed by atoms with van der Waals surface area (Å²) in [5.74, 6) is -1.15. The van der Waals surface area contributed by atoms with Crippen molar-refractivity contribution in [1.29, 1.82) is 0 Å². The number of carbonyl (C=O) groups is 1. The number of aromatic nitrogens is 1. The summed E-state index contributed by atoms with van der Waals surface area (Å²) in [5.41, 5.74) is 0.848. The Morgan fingerprint density at radius 1 is 1.46 bits per heavy atom. The number of rotatable bonds is 5. The number of alkyl halides is 1. The standard InChI is InChI=1S/C17H14Cl2FN3O2S/c1-2-23-12(8-18)13(17(24)25)14(10-4-3-9(20)7-11(10)19)22-15(23)16-21-5-6-26-16/h3-7,14H,2,8H2,1H3,(H,24,25). The van der Waals surface area contributed by atoms with Gasteiger partial charge < -0.3 is 10.0 Å². The SMILES string of the molecule is CCN1C(c2nccs2)=NC(c2ccc(F)cc2Cl)C(C(=O)O)=C1CCl. The van der Waals surface area contributed by atoms with Crippen molar-refractivity contribution in [2.24, 2.45) is 4.99 Å². The Morgan fingerprint density at radius 2 is 2.23 bits per heavy atom. The maximum absolute atomic E-state index is 13.4. The van der Waals surface area contributed by atoms with E-state index in [0.29, 0.717) is 28.6 Å². The number of halogens is 3. The Balaban J connectivity index is 2.25. The molecule has 0 fully saturated rings. The van der Waals surface area contributed by atoms with Gasteiger partial charge in [0.2, 0.25) is 0 Å². The Labute approximate surface area is 163 Å². The Kier molecular flexibility index (Phi) is 5.60. The molecule has 1 N–H and O–H groups in total. The smallest absolute Gasteiger partial charge is 0.335 e. The van der Waals surface area contributed by atoms with Crippen LogP contribution in [0.25, 0.3) is 0 Å². The zero-order valence-corrected chi connectivity index (χ0v) is 15.9. The molecule has 1 aliphatic rings. The molecular weight excluding hydrogens is 400 g/mol. The van der Waals surface area contributed by atoms with Gasteiger partial charge >= 0.3 is 5.97 Å². The van der Waals surface area contributed by atoms with Crippen molar-refractivity contribution in [2.75, 3.05) is 12.4 Å². The summed E-state index contributed by atoms with van der Waals surface area (Å²) in [7, 11) is 0. The summed E-state index contributed by atoms with van der Waals surface area (Å²) < 4.78 is 13.4. The van der Waals surface area contributed by atoms with Crippen molar-refractivity contribution in [1.82, 2.24) is 9.88 Å². The Bertz CT molecular complexity index is 899. The van der Waals surface area contributed by atoms with E-state index in [1.165, 1.54) is 23.5 Å². The maximum atomic E-state index is 13.4. The highest BCUT2D eigenvalue weighted by Gasteiger charge is 2.36. The molecule has 1 aliphatic heterocycles. The molecule has 0 saturated heterocycles. The summed E-state index contributed by atoms with van der Waals surface area (Å²) in [4.78, 5) is 22.6. The lowest BCUT2D eigenvalue weighted by Crippen LogP contribution is -2.38. The van der Waals surface area contributed by atoms with E-state index in [4.69, 9.17) is 23.2 Å². The molecule has 1 aromatic carbocycles. The molecular formula is C17H14Cl2FN3O2S. The van der Waals surface area contributed by atoms with E-state index in [2.05, 4.69) is 9.98 Å². The molecule has 1 unspecified atom stereocenters. The minimum atomic E-state index is -1.15. The molecule has 1 atom stereocenters. The van der Waals surface area contributed by atoms with Gasteiger partial charge in [-0.25, -0.2) is 14.2 Å². The van der Waals surface area contributed by atoms with E-state index < -0.39 is 17.8 Å². The number of amidine groups is 1. The molecule has 2 heterocycles. The first kappa shape index (κ1) is 18.8. The lowest BCUT2D eigenvalue weighted by atomic mass is 9.95. The van der Waals surface area contributed by atoms with Crippen LogP contribution in [0.4, 0.5) is 4.39 Å². The lowest BCUT2D eigenvalue weighted by molar-refractivity contribution is -0.133. The number of aliphatic imine (C=N–C) groups is 1. The van der Waals surface area contributed by atoms with Gasteiger partial charge in [-0.2, -0.15) is 0 Å². The summed E-state index contributed by atoms with van der Waals surface area (Å²) in [5, 5.41) is 12.4. The molecule has 0 amide bonds. The number of hydrogen-bond acceptors (Lipinski definition) is 5. The topological polar surface area (TPSA) is 65.8 Å². The maximum Gasteiger partial charge on any atom is 0.335 e. The minimum Gasteiger partial charge on any atom is -0.478 e. The zero-order chi connectivity index (χ0) is 18.8. The average molecular weight is 414 g/mol. The average Bonchev–Trinajstić information content (AvgIpc) is 3.14. The van der Waals surface area contributed by atoms with Crippen LogP contribution in [0.5, 0.6) is 0 Å². The zero-order valence-electron chi connectivity index (χ0n) is 13.6. The predicted octanol–water partition coefficient (Wildman–Crippen LogP) is 4.34. The van der Waals surface area contributed by atoms with Crippen LogP contribution in [0.1, 0.15) is 23.5 Å². The number of hydrogen-bond donors (Lipinski definition) is 1. The van der Waals surface area contributed by atoms with E-state index in [9.17, 15) is 14.3 Å². The molecule has 0 saturated carbocycles. The van der Waals surface area contributed by atoms with Crippen molar-refractivity contribution in [3.8, 4) is 0 Å². The van der Waals surface area contributed by atoms with Gasteiger partial charge in [-0.1, -0.05) is 17.7 Å². The predicted molar refractivity (Wildman–Crippen MR) is 101 cm³/mol. The van der Waals surface area contributed by atoms with Gasteiger partial charge in [0.05, 0.1) is 11.5 Å². The number of nitrogens with zero attached hydrogens (tertiary/aromatic N) is 3. The van der Waals surface area contributed by atoms with Gasteiger partial charge in [0.15, 0.2) is 10.8 Å². The van der Waals surface area contributed by atoms with Crippen LogP contribution in [-0.2, 0) is 4.79 Å². The summed E-state index contributed by atoms with van der Waals surface area (Å²) >= 11 is 13.7. The normalized spacial score (nSPS) is 17.5. The first-order chi connectivity index (χ1) is 12.5. The molecule has 0 bridgehead atoms. The van der Waals surface area contributed by atoms with E-state index in [1.807, 2.05) is 12.3 Å². The molecule has 2 aromatic rings. The van der Waals surface area contributed by atoms with E-state index in [1.54, 1.807) is 11.1 Å². The Hall–Kier alpha value is -1.96. The second-order valence-electron chi connectivity index (χ2n) is 5.40. The fraction of sp³-hybridized carbons (Fsp3) is 0.235. The summed E-state index contributed by atoms with van der Waals surface area (Å²) in [6.45, 7) is 2.35. The van der Waals surface area contributed by atoms with Crippen molar-refractivity contribution < 1.29 is 14.3 Å². The third-order valence-corrected chi connectivity index (χ3v) is 5.32. The van der Waals surface area contributed by atoms with E-state index in [-0.39, 0.29) is 16.5 Å². The van der Waals surface area contributed by atoms with Crippen LogP contribution in [-0.4, -0.2) is 39.2 Å². The van der Waals surface area contributed by atoms with Gasteiger partial charge in [-0.3, -0.25) is 4.99 Å². The Morgan fingerprint density at radius 3 is 2.77 bits per heavy atom. The number of carboxylic acids is 1. The first-order valence-electron chi connectivity index (χ1n) is 7.70. The highest BCUT2D eigenvalue weighted by Crippen LogP contribution is 2.39. The number of aliphatic carboxylic acids is 1. The van der Waals surface area contributed by atoms with Crippen LogP contribution < -0.4 is 0 Å². The summed E-state index contributed by atoms with van der Waals surface area (Å²) in [6.07, 6.45) is 1.65. The summed E-state index contributed by atoms with van der Waals surface area (Å²) in [6, 6.07) is 2.91. The lowest BCUT2D eigenvalue weighted by Gasteiger charge is -2.34. The fourth-order valence-electron chi connectivity index (χ4n) is 2.87. The van der Waals surface area contributed by atoms with E-state index >= 15 is 0 Å². The number of allylic oxidation sites excluding steroid dienone is 1. The largest absolute Gasteiger partial charge is 0.478 e. The van der Waals surface area contributed by atoms with Crippen molar-refractivity contribution in [3.05, 3.63) is 62.5 Å². The monoisotopic (exact) mass is 413 g/mol. The number of carboxylic acid groups (broad SMARTS) is 1. The highest BCUT2D eigenvalue weighted by molar-refractivity contribution is 7.11. The molecule has 136 valence electrons. The molecule has 26 heavy (non-hydrogen) atoms. The molecule has 3 rings (SSSR count). The first-order valence-corrected chi connectivity index (χ1v) is 9.49. The van der Waals surface area contributed by atoms with Gasteiger partial charge in [0.1, 0.15) is 11.9 Å². The molecule has 0 radical (unpaired) electrons. The van der Waals surface area contributed by atoms with Gasteiger partial charge in [0, 0.05) is 34.4 Å². The van der Waals surface area contributed by atoms with Crippen molar-refractivity contribution in [3.63, 3.8) is 0 Å². The van der Waals surface area contributed by atoms with Gasteiger partial charge in [0.25, 0.3) is 0 Å².